The molecule has 8 nitrogen and oxygen atoms in total. The summed E-state index contributed by atoms with van der Waals surface area (Å²) in [6.07, 6.45) is 1.42. The van der Waals surface area contributed by atoms with E-state index in [0.29, 0.717) is 32.7 Å². The summed E-state index contributed by atoms with van der Waals surface area (Å²) < 4.78 is 27.3. The van der Waals surface area contributed by atoms with Crippen LogP contribution in [0.25, 0.3) is 10.3 Å². The van der Waals surface area contributed by atoms with Crippen molar-refractivity contribution in [3.8, 4) is 0 Å². The molecule has 164 valence electrons. The van der Waals surface area contributed by atoms with Crippen LogP contribution < -0.4 is 15.5 Å². The van der Waals surface area contributed by atoms with Crippen LogP contribution in [-0.2, 0) is 0 Å². The number of nitrogens with one attached hydrogen (secondary N) is 2. The molecule has 3 N–H and O–H groups in total. The molecule has 0 unspecified atom stereocenters. The average Bonchev–Trinajstić information content (AvgIpc) is 3.19. The van der Waals surface area contributed by atoms with Crippen LogP contribution in [0.1, 0.15) is 10.4 Å². The Labute approximate surface area is 185 Å². The Kier molecular flexibility index (Phi) is 6.19. The van der Waals surface area contributed by atoms with Crippen molar-refractivity contribution >= 4 is 50.0 Å². The summed E-state index contributed by atoms with van der Waals surface area (Å²) in [7, 11) is 1.65. The van der Waals surface area contributed by atoms with Crippen LogP contribution in [0, 0.1) is 11.6 Å². The third kappa shape index (κ3) is 4.63. The molecule has 0 fully saturated rings. The number of aromatic nitrogens is 3. The van der Waals surface area contributed by atoms with Gasteiger partial charge in [-0.1, -0.05) is 11.3 Å². The molecule has 4 rings (SSSR count). The molecular formula is C21H18F2N6O2S. The van der Waals surface area contributed by atoms with Gasteiger partial charge in [0.25, 0.3) is 5.91 Å². The molecule has 11 heteroatoms. The number of anilines is 4. The summed E-state index contributed by atoms with van der Waals surface area (Å²) in [5.41, 5.74) is 1.22. The second-order valence-electron chi connectivity index (χ2n) is 6.70. The SMILES string of the molecule is CN(c1ccc2nc(Nc3ccc(C(=O)NCCO)cn3)sc2n1)c1ccc(F)cc1F. The fourth-order valence-electron chi connectivity index (χ4n) is 2.91. The summed E-state index contributed by atoms with van der Waals surface area (Å²) in [5, 5.41) is 14.9. The topological polar surface area (TPSA) is 103 Å². The zero-order valence-corrected chi connectivity index (χ0v) is 17.7. The second-order valence-corrected chi connectivity index (χ2v) is 7.68. The lowest BCUT2D eigenvalue weighted by Gasteiger charge is -2.18. The van der Waals surface area contributed by atoms with Gasteiger partial charge in [0.2, 0.25) is 0 Å². The molecule has 32 heavy (non-hydrogen) atoms. The molecule has 0 aliphatic heterocycles. The Hall–Kier alpha value is -3.70. The summed E-state index contributed by atoms with van der Waals surface area (Å²) in [5.74, 6) is -0.672. The zero-order valence-electron chi connectivity index (χ0n) is 16.8. The van der Waals surface area contributed by atoms with Gasteiger partial charge in [-0.05, 0) is 36.4 Å². The standard InChI is InChI=1S/C21H18F2N6O2S/c1-29(16-5-3-13(22)10-14(16)23)18-7-4-15-20(28-18)32-21(26-15)27-17-6-2-12(11-25-17)19(31)24-8-9-30/h2-7,10-11,30H,8-9H2,1H3,(H,24,31)(H,25,26,27). The Bertz CT molecular complexity index is 1270. The minimum atomic E-state index is -0.680. The van der Waals surface area contributed by atoms with Crippen molar-refractivity contribution in [2.24, 2.45) is 0 Å². The summed E-state index contributed by atoms with van der Waals surface area (Å²) in [6, 6.07) is 10.1. The number of hydrogen-bond acceptors (Lipinski definition) is 8. The minimum absolute atomic E-state index is 0.138. The molecule has 0 atom stereocenters. The first kappa shape index (κ1) is 21.5. The van der Waals surface area contributed by atoms with Gasteiger partial charge in [-0.3, -0.25) is 4.79 Å². The highest BCUT2D eigenvalue weighted by Gasteiger charge is 2.14. The van der Waals surface area contributed by atoms with Crippen molar-refractivity contribution in [3.05, 3.63) is 65.9 Å². The lowest BCUT2D eigenvalue weighted by Crippen LogP contribution is -2.26. The fraction of sp³-hybridized carbons (Fsp3) is 0.143. The van der Waals surface area contributed by atoms with E-state index >= 15 is 0 Å². The molecule has 0 saturated heterocycles. The van der Waals surface area contributed by atoms with Crippen molar-refractivity contribution in [3.63, 3.8) is 0 Å². The van der Waals surface area contributed by atoms with E-state index in [2.05, 4.69) is 25.6 Å². The van der Waals surface area contributed by atoms with E-state index in [4.69, 9.17) is 5.11 Å². The molecule has 1 amide bonds. The van der Waals surface area contributed by atoms with Gasteiger partial charge in [-0.25, -0.2) is 23.7 Å². The molecule has 1 aromatic carbocycles. The second kappa shape index (κ2) is 9.20. The first-order chi connectivity index (χ1) is 15.4. The number of aliphatic hydroxyl groups excluding tert-OH is 1. The van der Waals surface area contributed by atoms with Crippen molar-refractivity contribution in [1.29, 1.82) is 0 Å². The Balaban J connectivity index is 1.51. The van der Waals surface area contributed by atoms with E-state index in [1.165, 1.54) is 34.6 Å². The van der Waals surface area contributed by atoms with E-state index in [0.717, 1.165) is 6.07 Å². The minimum Gasteiger partial charge on any atom is -0.395 e. The maximum atomic E-state index is 14.1. The molecule has 4 aromatic rings. The largest absolute Gasteiger partial charge is 0.395 e. The molecule has 0 aliphatic carbocycles. The normalized spacial score (nSPS) is 10.9. The number of rotatable bonds is 7. The van der Waals surface area contributed by atoms with Crippen LogP contribution in [0.5, 0.6) is 0 Å². The van der Waals surface area contributed by atoms with Gasteiger partial charge in [0.15, 0.2) is 5.13 Å². The fourth-order valence-corrected chi connectivity index (χ4v) is 3.75. The van der Waals surface area contributed by atoms with E-state index in [1.807, 2.05) is 0 Å². The molecule has 0 saturated carbocycles. The lowest BCUT2D eigenvalue weighted by molar-refractivity contribution is 0.0944. The quantitative estimate of drug-likeness (QED) is 0.390. The summed E-state index contributed by atoms with van der Waals surface area (Å²) >= 11 is 1.29. The van der Waals surface area contributed by atoms with E-state index < -0.39 is 11.6 Å². The molecular weight excluding hydrogens is 438 g/mol. The van der Waals surface area contributed by atoms with Gasteiger partial charge in [0, 0.05) is 25.9 Å². The molecule has 0 aliphatic rings. The number of hydrogen-bond donors (Lipinski definition) is 3. The highest BCUT2D eigenvalue weighted by atomic mass is 32.1. The molecule has 0 radical (unpaired) electrons. The third-order valence-electron chi connectivity index (χ3n) is 4.51. The van der Waals surface area contributed by atoms with Crippen molar-refractivity contribution in [2.45, 2.75) is 0 Å². The van der Waals surface area contributed by atoms with Gasteiger partial charge in [-0.15, -0.1) is 0 Å². The van der Waals surface area contributed by atoms with Crippen LogP contribution in [0.2, 0.25) is 0 Å². The van der Waals surface area contributed by atoms with Crippen molar-refractivity contribution < 1.29 is 18.7 Å². The number of halogens is 2. The smallest absolute Gasteiger partial charge is 0.252 e. The third-order valence-corrected chi connectivity index (χ3v) is 5.39. The molecule has 3 heterocycles. The van der Waals surface area contributed by atoms with Crippen LogP contribution in [0.15, 0.2) is 48.7 Å². The van der Waals surface area contributed by atoms with Crippen LogP contribution in [0.4, 0.5) is 31.2 Å². The number of benzene rings is 1. The molecule has 0 bridgehead atoms. The number of aliphatic hydroxyl groups is 1. The number of carbonyl (C=O) groups is 1. The number of pyridine rings is 2. The first-order valence-electron chi connectivity index (χ1n) is 9.53. The van der Waals surface area contributed by atoms with Crippen LogP contribution in [-0.4, -0.2) is 46.2 Å². The van der Waals surface area contributed by atoms with Crippen molar-refractivity contribution in [2.75, 3.05) is 30.4 Å². The van der Waals surface area contributed by atoms with Crippen molar-refractivity contribution in [1.82, 2.24) is 20.3 Å². The van der Waals surface area contributed by atoms with E-state index in [-0.39, 0.29) is 24.7 Å². The Morgan fingerprint density at radius 3 is 2.72 bits per heavy atom. The summed E-state index contributed by atoms with van der Waals surface area (Å²) in [4.78, 5) is 27.2. The maximum absolute atomic E-state index is 14.1. The number of thiazole rings is 1. The average molecular weight is 456 g/mol. The predicted molar refractivity (Wildman–Crippen MR) is 119 cm³/mol. The van der Waals surface area contributed by atoms with E-state index in [1.54, 1.807) is 31.3 Å². The van der Waals surface area contributed by atoms with Gasteiger partial charge in [-0.2, -0.15) is 0 Å². The first-order valence-corrected chi connectivity index (χ1v) is 10.3. The monoisotopic (exact) mass is 456 g/mol. The number of fused-ring (bicyclic) bond motifs is 1. The number of carbonyl (C=O) groups excluding carboxylic acids is 1. The highest BCUT2D eigenvalue weighted by Crippen LogP contribution is 2.31. The van der Waals surface area contributed by atoms with Gasteiger partial charge in [0.05, 0.1) is 17.9 Å². The Morgan fingerprint density at radius 1 is 1.16 bits per heavy atom. The van der Waals surface area contributed by atoms with Crippen LogP contribution in [0.3, 0.4) is 0 Å². The number of nitrogens with zero attached hydrogens (tertiary/aromatic N) is 4. The van der Waals surface area contributed by atoms with E-state index in [9.17, 15) is 13.6 Å². The van der Waals surface area contributed by atoms with Gasteiger partial charge < -0.3 is 20.6 Å². The highest BCUT2D eigenvalue weighted by molar-refractivity contribution is 7.21. The van der Waals surface area contributed by atoms with Gasteiger partial charge in [0.1, 0.15) is 33.6 Å². The van der Waals surface area contributed by atoms with Crippen LogP contribution >= 0.6 is 11.3 Å². The number of amides is 1. The van der Waals surface area contributed by atoms with Gasteiger partial charge >= 0.3 is 0 Å². The molecule has 0 spiro atoms. The maximum Gasteiger partial charge on any atom is 0.252 e. The predicted octanol–water partition coefficient (Wildman–Crippen LogP) is 3.60. The molecule has 3 aromatic heterocycles. The summed E-state index contributed by atoms with van der Waals surface area (Å²) in [6.45, 7) is 0.0311. The zero-order chi connectivity index (χ0) is 22.7. The Morgan fingerprint density at radius 2 is 2.00 bits per heavy atom. The lowest BCUT2D eigenvalue weighted by atomic mass is 10.2.